The quantitative estimate of drug-likeness (QED) is 0.750. The van der Waals surface area contributed by atoms with Crippen molar-refractivity contribution in [2.45, 2.75) is 13.1 Å². The van der Waals surface area contributed by atoms with Gasteiger partial charge in [-0.2, -0.15) is 0 Å². The first-order valence-corrected chi connectivity index (χ1v) is 6.26. The zero-order valence-corrected chi connectivity index (χ0v) is 10.6. The molecule has 0 amide bonds. The largest absolute Gasteiger partial charge is 0.369 e. The van der Waals surface area contributed by atoms with Crippen LogP contribution in [-0.4, -0.2) is 9.55 Å². The number of imidazole rings is 1. The highest BCUT2D eigenvalue weighted by molar-refractivity contribution is 5.79. The van der Waals surface area contributed by atoms with Crippen LogP contribution in [0.3, 0.4) is 0 Å². The molecule has 2 aromatic carbocycles. The smallest absolute Gasteiger partial charge is 0.201 e. The van der Waals surface area contributed by atoms with E-state index < -0.39 is 0 Å². The third kappa shape index (κ3) is 2.18. The number of nitrogens with two attached hydrogens (primary N) is 2. The van der Waals surface area contributed by atoms with Crippen LogP contribution in [0.1, 0.15) is 11.1 Å². The predicted octanol–water partition coefficient (Wildman–Crippen LogP) is 2.13. The molecular formula is C15H16N4. The molecule has 0 unspecified atom stereocenters. The normalized spacial score (nSPS) is 11.0. The van der Waals surface area contributed by atoms with Crippen molar-refractivity contribution >= 4 is 17.0 Å². The van der Waals surface area contributed by atoms with Crippen LogP contribution in [-0.2, 0) is 13.1 Å². The van der Waals surface area contributed by atoms with Crippen molar-refractivity contribution in [3.8, 4) is 0 Å². The van der Waals surface area contributed by atoms with Gasteiger partial charge in [0.1, 0.15) is 0 Å². The monoisotopic (exact) mass is 252 g/mol. The van der Waals surface area contributed by atoms with E-state index in [-0.39, 0.29) is 0 Å². The molecule has 0 aliphatic carbocycles. The Labute approximate surface area is 111 Å². The summed E-state index contributed by atoms with van der Waals surface area (Å²) in [4.78, 5) is 4.38. The SMILES string of the molecule is NCc1ccc2nc(N)n(Cc3ccccc3)c2c1. The highest BCUT2D eigenvalue weighted by Crippen LogP contribution is 2.20. The average molecular weight is 252 g/mol. The summed E-state index contributed by atoms with van der Waals surface area (Å²) in [5.74, 6) is 0.535. The van der Waals surface area contributed by atoms with Crippen molar-refractivity contribution in [2.75, 3.05) is 5.73 Å². The van der Waals surface area contributed by atoms with Gasteiger partial charge in [-0.1, -0.05) is 36.4 Å². The molecule has 96 valence electrons. The molecule has 4 nitrogen and oxygen atoms in total. The number of hydrogen-bond acceptors (Lipinski definition) is 3. The molecule has 0 saturated carbocycles. The van der Waals surface area contributed by atoms with Crippen LogP contribution in [0.15, 0.2) is 48.5 Å². The van der Waals surface area contributed by atoms with Crippen LogP contribution >= 0.6 is 0 Å². The van der Waals surface area contributed by atoms with E-state index in [9.17, 15) is 0 Å². The van der Waals surface area contributed by atoms with E-state index in [2.05, 4.69) is 23.2 Å². The number of hydrogen-bond donors (Lipinski definition) is 2. The van der Waals surface area contributed by atoms with E-state index in [0.717, 1.165) is 23.1 Å². The summed E-state index contributed by atoms with van der Waals surface area (Å²) < 4.78 is 2.02. The van der Waals surface area contributed by atoms with Crippen molar-refractivity contribution in [2.24, 2.45) is 5.73 Å². The van der Waals surface area contributed by atoms with Crippen LogP contribution in [0.25, 0.3) is 11.0 Å². The number of benzene rings is 2. The summed E-state index contributed by atoms with van der Waals surface area (Å²) in [6.07, 6.45) is 0. The number of anilines is 1. The Balaban J connectivity index is 2.09. The van der Waals surface area contributed by atoms with E-state index in [0.29, 0.717) is 12.5 Å². The lowest BCUT2D eigenvalue weighted by atomic mass is 10.2. The minimum absolute atomic E-state index is 0.520. The molecule has 4 N–H and O–H groups in total. The van der Waals surface area contributed by atoms with Crippen molar-refractivity contribution in [1.29, 1.82) is 0 Å². The number of aromatic nitrogens is 2. The first kappa shape index (κ1) is 11.7. The highest BCUT2D eigenvalue weighted by Gasteiger charge is 2.08. The number of rotatable bonds is 3. The van der Waals surface area contributed by atoms with Crippen molar-refractivity contribution in [3.05, 3.63) is 59.7 Å². The molecule has 0 radical (unpaired) electrons. The Morgan fingerprint density at radius 3 is 2.53 bits per heavy atom. The van der Waals surface area contributed by atoms with Gasteiger partial charge in [-0.15, -0.1) is 0 Å². The van der Waals surface area contributed by atoms with E-state index >= 15 is 0 Å². The van der Waals surface area contributed by atoms with Crippen molar-refractivity contribution < 1.29 is 0 Å². The van der Waals surface area contributed by atoms with Gasteiger partial charge in [-0.3, -0.25) is 0 Å². The van der Waals surface area contributed by atoms with Crippen LogP contribution in [0, 0.1) is 0 Å². The molecular weight excluding hydrogens is 236 g/mol. The summed E-state index contributed by atoms with van der Waals surface area (Å²) in [6.45, 7) is 1.24. The molecule has 0 bridgehead atoms. The summed E-state index contributed by atoms with van der Waals surface area (Å²) in [7, 11) is 0. The first-order valence-electron chi connectivity index (χ1n) is 6.26. The zero-order valence-electron chi connectivity index (χ0n) is 10.6. The summed E-state index contributed by atoms with van der Waals surface area (Å²) in [5, 5.41) is 0. The fourth-order valence-electron chi connectivity index (χ4n) is 2.25. The number of nitrogens with zero attached hydrogens (tertiary/aromatic N) is 2. The van der Waals surface area contributed by atoms with Gasteiger partial charge in [0.05, 0.1) is 17.6 Å². The lowest BCUT2D eigenvalue weighted by Gasteiger charge is -2.07. The molecule has 0 saturated heterocycles. The van der Waals surface area contributed by atoms with Crippen molar-refractivity contribution in [3.63, 3.8) is 0 Å². The maximum atomic E-state index is 6.01. The molecule has 0 aliphatic heterocycles. The number of nitrogen functional groups attached to an aromatic ring is 1. The molecule has 0 atom stereocenters. The Bertz CT molecular complexity index is 701. The van der Waals surface area contributed by atoms with Gasteiger partial charge in [0.15, 0.2) is 0 Å². The minimum Gasteiger partial charge on any atom is -0.369 e. The molecule has 0 spiro atoms. The van der Waals surface area contributed by atoms with Gasteiger partial charge in [0.2, 0.25) is 5.95 Å². The van der Waals surface area contributed by atoms with Gasteiger partial charge >= 0.3 is 0 Å². The zero-order chi connectivity index (χ0) is 13.2. The first-order chi connectivity index (χ1) is 9.28. The third-order valence-corrected chi connectivity index (χ3v) is 3.26. The third-order valence-electron chi connectivity index (χ3n) is 3.26. The Morgan fingerprint density at radius 1 is 1.00 bits per heavy atom. The maximum Gasteiger partial charge on any atom is 0.201 e. The molecule has 0 fully saturated rings. The molecule has 1 heterocycles. The molecule has 19 heavy (non-hydrogen) atoms. The summed E-state index contributed by atoms with van der Waals surface area (Å²) in [5.41, 5.74) is 15.9. The molecule has 4 heteroatoms. The van der Waals surface area contributed by atoms with E-state index in [1.807, 2.05) is 34.9 Å². The molecule has 0 aliphatic rings. The van der Waals surface area contributed by atoms with Crippen LogP contribution in [0.5, 0.6) is 0 Å². The van der Waals surface area contributed by atoms with Gasteiger partial charge in [0.25, 0.3) is 0 Å². The molecule has 1 aromatic heterocycles. The summed E-state index contributed by atoms with van der Waals surface area (Å²) in [6, 6.07) is 16.2. The lowest BCUT2D eigenvalue weighted by molar-refractivity contribution is 0.837. The number of fused-ring (bicyclic) bond motifs is 1. The Hall–Kier alpha value is -2.33. The topological polar surface area (TPSA) is 69.9 Å². The molecule has 3 aromatic rings. The Morgan fingerprint density at radius 2 is 1.79 bits per heavy atom. The van der Waals surface area contributed by atoms with Gasteiger partial charge in [0, 0.05) is 6.54 Å². The van der Waals surface area contributed by atoms with Gasteiger partial charge < -0.3 is 16.0 Å². The highest BCUT2D eigenvalue weighted by atomic mass is 15.1. The van der Waals surface area contributed by atoms with Crippen molar-refractivity contribution in [1.82, 2.24) is 9.55 Å². The Kier molecular flexibility index (Phi) is 2.93. The second-order valence-corrected chi connectivity index (χ2v) is 4.57. The van der Waals surface area contributed by atoms with E-state index in [4.69, 9.17) is 11.5 Å². The minimum atomic E-state index is 0.520. The standard InChI is InChI=1S/C15H16N4/c16-9-12-6-7-13-14(8-12)19(15(17)18-13)10-11-4-2-1-3-5-11/h1-8H,9-10,16H2,(H2,17,18). The van der Waals surface area contributed by atoms with E-state index in [1.165, 1.54) is 5.56 Å². The maximum absolute atomic E-state index is 6.01. The van der Waals surface area contributed by atoms with Crippen LogP contribution in [0.2, 0.25) is 0 Å². The van der Waals surface area contributed by atoms with Crippen LogP contribution in [0.4, 0.5) is 5.95 Å². The summed E-state index contributed by atoms with van der Waals surface area (Å²) >= 11 is 0. The van der Waals surface area contributed by atoms with Gasteiger partial charge in [-0.05, 0) is 23.3 Å². The predicted molar refractivity (Wildman–Crippen MR) is 77.6 cm³/mol. The van der Waals surface area contributed by atoms with E-state index in [1.54, 1.807) is 0 Å². The lowest BCUT2D eigenvalue weighted by Crippen LogP contribution is -2.05. The fraction of sp³-hybridized carbons (Fsp3) is 0.133. The van der Waals surface area contributed by atoms with Gasteiger partial charge in [-0.25, -0.2) is 4.98 Å². The fourth-order valence-corrected chi connectivity index (χ4v) is 2.25. The average Bonchev–Trinajstić information content (AvgIpc) is 2.76. The second-order valence-electron chi connectivity index (χ2n) is 4.57. The second kappa shape index (κ2) is 4.74. The van der Waals surface area contributed by atoms with Crippen LogP contribution < -0.4 is 11.5 Å². The molecule has 3 rings (SSSR count).